The highest BCUT2D eigenvalue weighted by atomic mass is 19.3. The fourth-order valence-electron chi connectivity index (χ4n) is 3.01. The number of alkyl halides is 2. The molecule has 1 N–H and O–H groups in total. The molecule has 0 radical (unpaired) electrons. The van der Waals surface area contributed by atoms with E-state index in [1.54, 1.807) is 12.5 Å². The van der Waals surface area contributed by atoms with Crippen LogP contribution in [0, 0.1) is 11.3 Å². The van der Waals surface area contributed by atoms with E-state index < -0.39 is 5.92 Å². The number of likely N-dealkylation sites (tertiary alicyclic amines) is 1. The summed E-state index contributed by atoms with van der Waals surface area (Å²) in [6.45, 7) is 7.37. The Balaban J connectivity index is 1.74. The monoisotopic (exact) mass is 323 g/mol. The van der Waals surface area contributed by atoms with Crippen LogP contribution in [0.1, 0.15) is 33.0 Å². The van der Waals surface area contributed by atoms with Crippen molar-refractivity contribution in [3.63, 3.8) is 0 Å². The van der Waals surface area contributed by atoms with Crippen LogP contribution in [-0.2, 0) is 6.42 Å². The number of hydrogen-bond acceptors (Lipinski definition) is 4. The first kappa shape index (κ1) is 16.2. The van der Waals surface area contributed by atoms with Gasteiger partial charge in [-0.05, 0) is 11.3 Å². The lowest BCUT2D eigenvalue weighted by molar-refractivity contribution is 0.00857. The summed E-state index contributed by atoms with van der Waals surface area (Å²) in [4.78, 5) is 17.8. The molecule has 3 heterocycles. The van der Waals surface area contributed by atoms with Gasteiger partial charge in [0, 0.05) is 25.9 Å². The second kappa shape index (κ2) is 5.78. The molecule has 126 valence electrons. The van der Waals surface area contributed by atoms with Gasteiger partial charge in [-0.2, -0.15) is 0 Å². The van der Waals surface area contributed by atoms with Crippen LogP contribution in [-0.4, -0.2) is 50.4 Å². The smallest absolute Gasteiger partial charge is 0.261 e. The molecule has 1 aliphatic rings. The van der Waals surface area contributed by atoms with Gasteiger partial charge in [0.2, 0.25) is 0 Å². The van der Waals surface area contributed by atoms with Crippen molar-refractivity contribution >= 4 is 11.2 Å². The molecule has 0 aliphatic carbocycles. The van der Waals surface area contributed by atoms with E-state index in [0.717, 1.165) is 11.3 Å². The number of hydrogen-bond donors (Lipinski definition) is 1. The van der Waals surface area contributed by atoms with Gasteiger partial charge in [0.15, 0.2) is 5.65 Å². The molecule has 1 unspecified atom stereocenters. The summed E-state index contributed by atoms with van der Waals surface area (Å²) in [5, 5.41) is 0. The van der Waals surface area contributed by atoms with Gasteiger partial charge in [0.1, 0.15) is 11.3 Å². The van der Waals surface area contributed by atoms with Crippen molar-refractivity contribution in [1.82, 2.24) is 24.8 Å². The number of aromatic nitrogens is 4. The number of rotatable bonds is 4. The summed E-state index contributed by atoms with van der Waals surface area (Å²) in [5.74, 6) is -1.63. The van der Waals surface area contributed by atoms with Crippen LogP contribution < -0.4 is 0 Å². The SMILES string of the molecule is CC(C)(C)C(Cc1ncc2[nH]cnc2n1)CN1CCC(F)(F)C1. The van der Waals surface area contributed by atoms with Crippen molar-refractivity contribution in [2.24, 2.45) is 11.3 Å². The summed E-state index contributed by atoms with van der Waals surface area (Å²) in [5.41, 5.74) is 1.44. The average molecular weight is 323 g/mol. The maximum atomic E-state index is 13.4. The standard InChI is InChI=1S/C16H23F2N5/c1-15(2,3)11(8-23-5-4-16(17,18)9-23)6-13-19-7-12-14(22-13)21-10-20-12/h7,10-11H,4-6,8-9H2,1-3H3,(H,19,20,21,22). The van der Waals surface area contributed by atoms with Crippen molar-refractivity contribution in [1.29, 1.82) is 0 Å². The summed E-state index contributed by atoms with van der Waals surface area (Å²) >= 11 is 0. The molecule has 0 bridgehead atoms. The molecule has 3 rings (SSSR count). The lowest BCUT2D eigenvalue weighted by atomic mass is 9.78. The van der Waals surface area contributed by atoms with Gasteiger partial charge in [-0.1, -0.05) is 20.8 Å². The van der Waals surface area contributed by atoms with Gasteiger partial charge in [-0.3, -0.25) is 4.90 Å². The molecular weight excluding hydrogens is 300 g/mol. The summed E-state index contributed by atoms with van der Waals surface area (Å²) in [7, 11) is 0. The van der Waals surface area contributed by atoms with Crippen molar-refractivity contribution in [2.45, 2.75) is 39.5 Å². The molecule has 23 heavy (non-hydrogen) atoms. The minimum Gasteiger partial charge on any atom is -0.342 e. The lowest BCUT2D eigenvalue weighted by Gasteiger charge is -2.33. The largest absolute Gasteiger partial charge is 0.342 e. The first-order valence-corrected chi connectivity index (χ1v) is 7.98. The molecule has 0 spiro atoms. The second-order valence-corrected chi connectivity index (χ2v) is 7.53. The molecule has 1 atom stereocenters. The topological polar surface area (TPSA) is 57.7 Å². The normalized spacial score (nSPS) is 20.2. The van der Waals surface area contributed by atoms with Gasteiger partial charge in [0.05, 0.1) is 19.1 Å². The van der Waals surface area contributed by atoms with Crippen LogP contribution in [0.3, 0.4) is 0 Å². The number of nitrogens with one attached hydrogen (secondary N) is 1. The van der Waals surface area contributed by atoms with Crippen LogP contribution in [0.4, 0.5) is 8.78 Å². The molecule has 7 heteroatoms. The fraction of sp³-hybridized carbons (Fsp3) is 0.688. The summed E-state index contributed by atoms with van der Waals surface area (Å²) in [6, 6.07) is 0. The van der Waals surface area contributed by atoms with Gasteiger partial charge in [0.25, 0.3) is 5.92 Å². The third-order valence-electron chi connectivity index (χ3n) is 4.61. The molecule has 1 aliphatic heterocycles. The maximum absolute atomic E-state index is 13.4. The highest BCUT2D eigenvalue weighted by Gasteiger charge is 2.40. The molecule has 1 saturated heterocycles. The first-order chi connectivity index (χ1) is 10.7. The Kier molecular flexibility index (Phi) is 4.08. The van der Waals surface area contributed by atoms with Gasteiger partial charge >= 0.3 is 0 Å². The summed E-state index contributed by atoms with van der Waals surface area (Å²) in [6.07, 6.45) is 3.94. The van der Waals surface area contributed by atoms with E-state index in [4.69, 9.17) is 0 Å². The molecule has 1 fully saturated rings. The number of aromatic amines is 1. The van der Waals surface area contributed by atoms with Crippen LogP contribution in [0.5, 0.6) is 0 Å². The lowest BCUT2D eigenvalue weighted by Crippen LogP contribution is -2.37. The minimum atomic E-state index is -2.55. The molecule has 2 aromatic heterocycles. The van der Waals surface area contributed by atoms with Crippen molar-refractivity contribution in [3.8, 4) is 0 Å². The Morgan fingerprint density at radius 3 is 2.78 bits per heavy atom. The number of nitrogens with zero attached hydrogens (tertiary/aromatic N) is 4. The molecular formula is C16H23F2N5. The van der Waals surface area contributed by atoms with E-state index in [9.17, 15) is 8.78 Å². The van der Waals surface area contributed by atoms with E-state index in [1.165, 1.54) is 0 Å². The number of H-pyrrole nitrogens is 1. The minimum absolute atomic E-state index is 0.0121. The van der Waals surface area contributed by atoms with Gasteiger partial charge in [-0.25, -0.2) is 23.7 Å². The van der Waals surface area contributed by atoms with E-state index in [-0.39, 0.29) is 24.3 Å². The predicted octanol–water partition coefficient (Wildman–Crippen LogP) is 2.90. The van der Waals surface area contributed by atoms with Crippen molar-refractivity contribution in [3.05, 3.63) is 18.3 Å². The number of halogens is 2. The molecule has 2 aromatic rings. The Bertz CT molecular complexity index is 676. The maximum Gasteiger partial charge on any atom is 0.261 e. The number of imidazole rings is 1. The van der Waals surface area contributed by atoms with E-state index in [2.05, 4.69) is 40.7 Å². The Morgan fingerprint density at radius 1 is 1.35 bits per heavy atom. The first-order valence-electron chi connectivity index (χ1n) is 7.98. The third kappa shape index (κ3) is 3.83. The highest BCUT2D eigenvalue weighted by Crippen LogP contribution is 2.33. The zero-order valence-electron chi connectivity index (χ0n) is 13.8. The van der Waals surface area contributed by atoms with Gasteiger partial charge < -0.3 is 4.98 Å². The van der Waals surface area contributed by atoms with Crippen molar-refractivity contribution in [2.75, 3.05) is 19.6 Å². The summed E-state index contributed by atoms with van der Waals surface area (Å²) < 4.78 is 26.9. The van der Waals surface area contributed by atoms with Gasteiger partial charge in [-0.15, -0.1) is 0 Å². The zero-order valence-corrected chi connectivity index (χ0v) is 13.8. The Hall–Kier alpha value is -1.63. The predicted molar refractivity (Wildman–Crippen MR) is 84.3 cm³/mol. The van der Waals surface area contributed by atoms with E-state index in [0.29, 0.717) is 25.2 Å². The molecule has 0 aromatic carbocycles. The molecule has 0 saturated carbocycles. The van der Waals surface area contributed by atoms with Crippen molar-refractivity contribution < 1.29 is 8.78 Å². The fourth-order valence-corrected chi connectivity index (χ4v) is 3.01. The highest BCUT2D eigenvalue weighted by molar-refractivity contribution is 5.68. The molecule has 5 nitrogen and oxygen atoms in total. The average Bonchev–Trinajstić information content (AvgIpc) is 3.02. The second-order valence-electron chi connectivity index (χ2n) is 7.53. The molecule has 0 amide bonds. The Labute approximate surface area is 134 Å². The van der Waals surface area contributed by atoms with Crippen LogP contribution >= 0.6 is 0 Å². The van der Waals surface area contributed by atoms with E-state index in [1.807, 2.05) is 4.90 Å². The third-order valence-corrected chi connectivity index (χ3v) is 4.61. The van der Waals surface area contributed by atoms with E-state index >= 15 is 0 Å². The zero-order chi connectivity index (χ0) is 16.7. The number of fused-ring (bicyclic) bond motifs is 1. The van der Waals surface area contributed by atoms with Crippen LogP contribution in [0.25, 0.3) is 11.2 Å². The Morgan fingerprint density at radius 2 is 2.13 bits per heavy atom. The quantitative estimate of drug-likeness (QED) is 0.940. The van der Waals surface area contributed by atoms with Crippen LogP contribution in [0.15, 0.2) is 12.5 Å². The van der Waals surface area contributed by atoms with Crippen LogP contribution in [0.2, 0.25) is 0 Å².